The summed E-state index contributed by atoms with van der Waals surface area (Å²) in [4.78, 5) is 0. The van der Waals surface area contributed by atoms with Crippen molar-refractivity contribution in [3.63, 3.8) is 0 Å². The van der Waals surface area contributed by atoms with E-state index < -0.39 is 5.60 Å². The van der Waals surface area contributed by atoms with Crippen molar-refractivity contribution in [3.8, 4) is 0 Å². The van der Waals surface area contributed by atoms with E-state index in [1.807, 2.05) is 0 Å². The summed E-state index contributed by atoms with van der Waals surface area (Å²) in [6, 6.07) is 0. The van der Waals surface area contributed by atoms with E-state index in [0.29, 0.717) is 5.92 Å². The minimum Gasteiger partial charge on any atom is -0.396 e. The van der Waals surface area contributed by atoms with Crippen LogP contribution in [0.2, 0.25) is 0 Å². The molecule has 2 N–H and O–H groups in total. The topological polar surface area (TPSA) is 40.5 Å². The number of aliphatic hydroxyl groups excluding tert-OH is 1. The number of rotatable bonds is 1. The third kappa shape index (κ3) is 1.75. The summed E-state index contributed by atoms with van der Waals surface area (Å²) in [7, 11) is 0. The lowest BCUT2D eigenvalue weighted by Gasteiger charge is -2.49. The summed E-state index contributed by atoms with van der Waals surface area (Å²) in [6.07, 6.45) is 6.24. The van der Waals surface area contributed by atoms with Gasteiger partial charge in [-0.3, -0.25) is 0 Å². The molecule has 2 rings (SSSR count). The second-order valence-corrected chi connectivity index (χ2v) is 5.54. The Labute approximate surface area is 80.0 Å². The first-order valence-corrected chi connectivity index (χ1v) is 5.39. The first-order chi connectivity index (χ1) is 6.05. The summed E-state index contributed by atoms with van der Waals surface area (Å²) < 4.78 is 0. The van der Waals surface area contributed by atoms with Gasteiger partial charge in [0.2, 0.25) is 0 Å². The Morgan fingerprint density at radius 2 is 2.15 bits per heavy atom. The van der Waals surface area contributed by atoms with Gasteiger partial charge >= 0.3 is 0 Å². The fourth-order valence-electron chi connectivity index (χ4n) is 3.48. The fourth-order valence-corrected chi connectivity index (χ4v) is 3.48. The molecular formula is C11H20O2. The maximum absolute atomic E-state index is 10.3. The second kappa shape index (κ2) is 2.96. The number of hydrogen-bond donors (Lipinski definition) is 2. The van der Waals surface area contributed by atoms with Gasteiger partial charge in [-0.1, -0.05) is 19.8 Å². The van der Waals surface area contributed by atoms with Crippen LogP contribution in [0.4, 0.5) is 0 Å². The predicted molar refractivity (Wildman–Crippen MR) is 51.3 cm³/mol. The van der Waals surface area contributed by atoms with Gasteiger partial charge in [0.05, 0.1) is 5.60 Å². The summed E-state index contributed by atoms with van der Waals surface area (Å²) >= 11 is 0. The van der Waals surface area contributed by atoms with Crippen LogP contribution in [-0.4, -0.2) is 22.4 Å². The molecule has 0 amide bonds. The minimum absolute atomic E-state index is 0.0158. The van der Waals surface area contributed by atoms with E-state index in [9.17, 15) is 10.2 Å². The average molecular weight is 184 g/mol. The monoisotopic (exact) mass is 184 g/mol. The van der Waals surface area contributed by atoms with E-state index in [2.05, 4.69) is 6.92 Å². The molecule has 0 spiro atoms. The Balaban J connectivity index is 2.15. The molecule has 2 aliphatic rings. The second-order valence-electron chi connectivity index (χ2n) is 5.54. The van der Waals surface area contributed by atoms with Gasteiger partial charge in [-0.2, -0.15) is 0 Å². The van der Waals surface area contributed by atoms with Crippen LogP contribution in [0.15, 0.2) is 0 Å². The molecule has 0 saturated heterocycles. The zero-order chi connectivity index (χ0) is 9.53. The van der Waals surface area contributed by atoms with Crippen molar-refractivity contribution in [2.75, 3.05) is 6.61 Å². The molecule has 13 heavy (non-hydrogen) atoms. The minimum atomic E-state index is -0.446. The highest BCUT2D eigenvalue weighted by Gasteiger charge is 2.46. The molecular weight excluding hydrogens is 164 g/mol. The van der Waals surface area contributed by atoms with E-state index >= 15 is 0 Å². The Hall–Kier alpha value is -0.0800. The SMILES string of the molecule is CC1(CO)CC2CCCC(O)(C2)C1. The van der Waals surface area contributed by atoms with Crippen LogP contribution in [0.5, 0.6) is 0 Å². The van der Waals surface area contributed by atoms with Crippen LogP contribution in [0.3, 0.4) is 0 Å². The first-order valence-electron chi connectivity index (χ1n) is 5.39. The zero-order valence-electron chi connectivity index (χ0n) is 8.42. The maximum Gasteiger partial charge on any atom is 0.0656 e. The summed E-state index contributed by atoms with van der Waals surface area (Å²) in [6.45, 7) is 2.33. The first kappa shape index (κ1) is 9.47. The highest BCUT2D eigenvalue weighted by Crippen LogP contribution is 2.50. The van der Waals surface area contributed by atoms with E-state index in [4.69, 9.17) is 0 Å². The van der Waals surface area contributed by atoms with Crippen molar-refractivity contribution < 1.29 is 10.2 Å². The van der Waals surface area contributed by atoms with Gasteiger partial charge in [-0.25, -0.2) is 0 Å². The molecule has 3 atom stereocenters. The van der Waals surface area contributed by atoms with Crippen LogP contribution in [-0.2, 0) is 0 Å². The predicted octanol–water partition coefficient (Wildman–Crippen LogP) is 1.70. The molecule has 0 aromatic heterocycles. The van der Waals surface area contributed by atoms with Gasteiger partial charge in [-0.05, 0) is 37.0 Å². The molecule has 0 radical (unpaired) electrons. The maximum atomic E-state index is 10.3. The van der Waals surface area contributed by atoms with Crippen LogP contribution >= 0.6 is 0 Å². The van der Waals surface area contributed by atoms with Gasteiger partial charge in [-0.15, -0.1) is 0 Å². The highest BCUT2D eigenvalue weighted by molar-refractivity contribution is 4.98. The fraction of sp³-hybridized carbons (Fsp3) is 1.00. The molecule has 0 heterocycles. The molecule has 2 aliphatic carbocycles. The summed E-state index contributed by atoms with van der Waals surface area (Å²) in [5.74, 6) is 0.657. The highest BCUT2D eigenvalue weighted by atomic mass is 16.3. The van der Waals surface area contributed by atoms with E-state index in [0.717, 1.165) is 25.7 Å². The van der Waals surface area contributed by atoms with Crippen LogP contribution in [0, 0.1) is 11.3 Å². The van der Waals surface area contributed by atoms with Gasteiger partial charge in [0.15, 0.2) is 0 Å². The lowest BCUT2D eigenvalue weighted by molar-refractivity contribution is -0.106. The Kier molecular flexibility index (Phi) is 2.16. The third-order valence-corrected chi connectivity index (χ3v) is 3.84. The zero-order valence-corrected chi connectivity index (χ0v) is 8.42. The molecule has 2 fully saturated rings. The van der Waals surface area contributed by atoms with Gasteiger partial charge in [0.25, 0.3) is 0 Å². The van der Waals surface area contributed by atoms with Crippen molar-refractivity contribution in [2.45, 2.75) is 51.0 Å². The van der Waals surface area contributed by atoms with Gasteiger partial charge in [0.1, 0.15) is 0 Å². The lowest BCUT2D eigenvalue weighted by Crippen LogP contribution is -2.47. The molecule has 0 aromatic carbocycles. The third-order valence-electron chi connectivity index (χ3n) is 3.84. The van der Waals surface area contributed by atoms with E-state index in [1.54, 1.807) is 0 Å². The van der Waals surface area contributed by atoms with Crippen molar-refractivity contribution in [1.29, 1.82) is 0 Å². The Bertz CT molecular complexity index is 202. The Morgan fingerprint density at radius 3 is 2.77 bits per heavy atom. The normalized spacial score (nSPS) is 50.5. The molecule has 0 aromatic rings. The summed E-state index contributed by atoms with van der Waals surface area (Å²) in [5, 5.41) is 19.6. The molecule has 2 bridgehead atoms. The molecule has 2 heteroatoms. The van der Waals surface area contributed by atoms with Gasteiger partial charge in [0, 0.05) is 6.61 Å². The van der Waals surface area contributed by atoms with Crippen LogP contribution in [0.1, 0.15) is 45.4 Å². The number of fused-ring (bicyclic) bond motifs is 2. The quantitative estimate of drug-likeness (QED) is 0.651. The van der Waals surface area contributed by atoms with Crippen molar-refractivity contribution in [1.82, 2.24) is 0 Å². The number of aliphatic hydroxyl groups is 2. The van der Waals surface area contributed by atoms with Gasteiger partial charge < -0.3 is 10.2 Å². The summed E-state index contributed by atoms with van der Waals surface area (Å²) in [5.41, 5.74) is -0.462. The molecule has 2 saturated carbocycles. The largest absolute Gasteiger partial charge is 0.396 e. The molecule has 2 nitrogen and oxygen atoms in total. The smallest absolute Gasteiger partial charge is 0.0656 e. The van der Waals surface area contributed by atoms with E-state index in [1.165, 1.54) is 12.8 Å². The van der Waals surface area contributed by atoms with Crippen LogP contribution in [0.25, 0.3) is 0 Å². The average Bonchev–Trinajstić information content (AvgIpc) is 2.01. The van der Waals surface area contributed by atoms with E-state index in [-0.39, 0.29) is 12.0 Å². The molecule has 76 valence electrons. The lowest BCUT2D eigenvalue weighted by atomic mass is 9.60. The van der Waals surface area contributed by atoms with Crippen molar-refractivity contribution in [3.05, 3.63) is 0 Å². The standard InChI is InChI=1S/C11H20O2/c1-10(8-12)5-9-3-2-4-11(13,6-9)7-10/h9,12-13H,2-8H2,1H3. The molecule has 3 unspecified atom stereocenters. The van der Waals surface area contributed by atoms with Crippen molar-refractivity contribution in [2.24, 2.45) is 11.3 Å². The Morgan fingerprint density at radius 1 is 1.38 bits per heavy atom. The molecule has 0 aliphatic heterocycles. The number of hydrogen-bond acceptors (Lipinski definition) is 2. The van der Waals surface area contributed by atoms with Crippen LogP contribution < -0.4 is 0 Å². The van der Waals surface area contributed by atoms with Crippen molar-refractivity contribution >= 4 is 0 Å².